The van der Waals surface area contributed by atoms with Crippen molar-refractivity contribution < 1.29 is 4.74 Å². The number of methoxy groups -OCH3 is 1. The average Bonchev–Trinajstić information content (AvgIpc) is 2.19. The summed E-state index contributed by atoms with van der Waals surface area (Å²) in [6.07, 6.45) is 0. The van der Waals surface area contributed by atoms with Crippen LogP contribution in [0.4, 0.5) is 0 Å². The molecule has 0 aliphatic rings. The summed E-state index contributed by atoms with van der Waals surface area (Å²) >= 11 is 0. The molecule has 2 unspecified atom stereocenters. The number of hydrogen-bond acceptors (Lipinski definition) is 3. The van der Waals surface area contributed by atoms with Gasteiger partial charge in [-0.05, 0) is 31.8 Å². The van der Waals surface area contributed by atoms with Gasteiger partial charge < -0.3 is 10.5 Å². The molecular formula is C12H28N2O. The highest BCUT2D eigenvalue weighted by Crippen LogP contribution is 2.13. The standard InChI is InChI=1S/C12H28N2O/c1-6-14(11(4)9-15-5)8-12(7-13)10(2)3/h10-12H,6-9,13H2,1-5H3. The lowest BCUT2D eigenvalue weighted by atomic mass is 9.95. The third kappa shape index (κ3) is 5.50. The zero-order chi connectivity index (χ0) is 11.8. The molecular weight excluding hydrogens is 188 g/mol. The van der Waals surface area contributed by atoms with E-state index in [-0.39, 0.29) is 0 Å². The second kappa shape index (κ2) is 8.08. The minimum atomic E-state index is 0.479. The fourth-order valence-electron chi connectivity index (χ4n) is 1.83. The van der Waals surface area contributed by atoms with Crippen molar-refractivity contribution in [2.75, 3.05) is 33.4 Å². The molecule has 0 heterocycles. The molecule has 3 nitrogen and oxygen atoms in total. The minimum absolute atomic E-state index is 0.479. The Bertz CT molecular complexity index is 151. The maximum Gasteiger partial charge on any atom is 0.0615 e. The monoisotopic (exact) mass is 216 g/mol. The fraction of sp³-hybridized carbons (Fsp3) is 1.00. The molecule has 0 aromatic heterocycles. The molecule has 0 aromatic carbocycles. The Morgan fingerprint density at radius 3 is 2.20 bits per heavy atom. The molecule has 15 heavy (non-hydrogen) atoms. The minimum Gasteiger partial charge on any atom is -0.383 e. The smallest absolute Gasteiger partial charge is 0.0615 e. The fourth-order valence-corrected chi connectivity index (χ4v) is 1.83. The molecule has 0 amide bonds. The van der Waals surface area contributed by atoms with Crippen molar-refractivity contribution in [2.45, 2.75) is 33.7 Å². The van der Waals surface area contributed by atoms with Gasteiger partial charge in [0.05, 0.1) is 6.61 Å². The molecule has 0 fully saturated rings. The molecule has 92 valence electrons. The van der Waals surface area contributed by atoms with Gasteiger partial charge in [0.15, 0.2) is 0 Å². The van der Waals surface area contributed by atoms with E-state index in [1.54, 1.807) is 7.11 Å². The highest BCUT2D eigenvalue weighted by atomic mass is 16.5. The van der Waals surface area contributed by atoms with E-state index in [1.807, 2.05) is 0 Å². The second-order valence-corrected chi connectivity index (χ2v) is 4.63. The van der Waals surface area contributed by atoms with Crippen LogP contribution in [0.25, 0.3) is 0 Å². The van der Waals surface area contributed by atoms with Crippen LogP contribution in [0.1, 0.15) is 27.7 Å². The topological polar surface area (TPSA) is 38.5 Å². The van der Waals surface area contributed by atoms with E-state index in [4.69, 9.17) is 10.5 Å². The van der Waals surface area contributed by atoms with Crippen molar-refractivity contribution in [3.8, 4) is 0 Å². The summed E-state index contributed by atoms with van der Waals surface area (Å²) in [6, 6.07) is 0.479. The quantitative estimate of drug-likeness (QED) is 0.669. The van der Waals surface area contributed by atoms with E-state index in [9.17, 15) is 0 Å². The summed E-state index contributed by atoms with van der Waals surface area (Å²) < 4.78 is 5.19. The van der Waals surface area contributed by atoms with Crippen molar-refractivity contribution in [3.05, 3.63) is 0 Å². The predicted octanol–water partition coefficient (Wildman–Crippen LogP) is 1.57. The lowest BCUT2D eigenvalue weighted by Crippen LogP contribution is -2.42. The maximum atomic E-state index is 5.79. The van der Waals surface area contributed by atoms with E-state index >= 15 is 0 Å². The summed E-state index contributed by atoms with van der Waals surface area (Å²) in [4.78, 5) is 2.45. The molecule has 0 spiro atoms. The van der Waals surface area contributed by atoms with E-state index in [0.717, 1.165) is 26.2 Å². The Labute approximate surface area is 95.0 Å². The molecule has 0 radical (unpaired) electrons. The van der Waals surface area contributed by atoms with Gasteiger partial charge in [0.1, 0.15) is 0 Å². The number of rotatable bonds is 8. The second-order valence-electron chi connectivity index (χ2n) is 4.63. The van der Waals surface area contributed by atoms with Gasteiger partial charge in [-0.1, -0.05) is 20.8 Å². The third-order valence-corrected chi connectivity index (χ3v) is 3.15. The van der Waals surface area contributed by atoms with E-state index in [0.29, 0.717) is 17.9 Å². The first kappa shape index (κ1) is 14.9. The lowest BCUT2D eigenvalue weighted by molar-refractivity contribution is 0.0863. The van der Waals surface area contributed by atoms with Gasteiger partial charge in [-0.3, -0.25) is 4.90 Å². The van der Waals surface area contributed by atoms with Gasteiger partial charge >= 0.3 is 0 Å². The predicted molar refractivity (Wildman–Crippen MR) is 66.0 cm³/mol. The van der Waals surface area contributed by atoms with Gasteiger partial charge in [0.25, 0.3) is 0 Å². The van der Waals surface area contributed by atoms with Crippen molar-refractivity contribution >= 4 is 0 Å². The van der Waals surface area contributed by atoms with Crippen LogP contribution in [0.5, 0.6) is 0 Å². The van der Waals surface area contributed by atoms with Crippen LogP contribution in [0.3, 0.4) is 0 Å². The molecule has 0 saturated heterocycles. The normalized spacial score (nSPS) is 16.0. The summed E-state index contributed by atoms with van der Waals surface area (Å²) in [5.41, 5.74) is 5.79. The first-order valence-corrected chi connectivity index (χ1v) is 5.99. The van der Waals surface area contributed by atoms with Crippen molar-refractivity contribution in [1.82, 2.24) is 4.90 Å². The van der Waals surface area contributed by atoms with Gasteiger partial charge in [-0.25, -0.2) is 0 Å². The number of likely N-dealkylation sites (N-methyl/N-ethyl adjacent to an activating group) is 1. The lowest BCUT2D eigenvalue weighted by Gasteiger charge is -2.32. The van der Waals surface area contributed by atoms with E-state index in [2.05, 4.69) is 32.6 Å². The molecule has 0 saturated carbocycles. The Hall–Kier alpha value is -0.120. The first-order chi connectivity index (χ1) is 7.06. The SMILES string of the molecule is CCN(CC(CN)C(C)C)C(C)COC. The summed E-state index contributed by atoms with van der Waals surface area (Å²) in [7, 11) is 1.76. The number of hydrogen-bond donors (Lipinski definition) is 1. The summed E-state index contributed by atoms with van der Waals surface area (Å²) in [6.45, 7) is 12.6. The van der Waals surface area contributed by atoms with Gasteiger partial charge in [0, 0.05) is 19.7 Å². The van der Waals surface area contributed by atoms with Gasteiger partial charge in [-0.15, -0.1) is 0 Å². The third-order valence-electron chi connectivity index (χ3n) is 3.15. The van der Waals surface area contributed by atoms with Crippen LogP contribution in [0.2, 0.25) is 0 Å². The van der Waals surface area contributed by atoms with Gasteiger partial charge in [0.2, 0.25) is 0 Å². The van der Waals surface area contributed by atoms with Crippen LogP contribution < -0.4 is 5.73 Å². The average molecular weight is 216 g/mol. The molecule has 2 N–H and O–H groups in total. The first-order valence-electron chi connectivity index (χ1n) is 5.99. The van der Waals surface area contributed by atoms with Crippen molar-refractivity contribution in [2.24, 2.45) is 17.6 Å². The molecule has 0 bridgehead atoms. The number of nitrogens with two attached hydrogens (primary N) is 1. The summed E-state index contributed by atoms with van der Waals surface area (Å²) in [5, 5.41) is 0. The number of nitrogens with zero attached hydrogens (tertiary/aromatic N) is 1. The Morgan fingerprint density at radius 2 is 1.87 bits per heavy atom. The van der Waals surface area contributed by atoms with Crippen LogP contribution in [-0.4, -0.2) is 44.3 Å². The Morgan fingerprint density at radius 1 is 1.27 bits per heavy atom. The molecule has 0 aliphatic carbocycles. The highest BCUT2D eigenvalue weighted by Gasteiger charge is 2.18. The molecule has 3 heteroatoms. The molecule has 0 aromatic rings. The van der Waals surface area contributed by atoms with Crippen LogP contribution in [-0.2, 0) is 4.74 Å². The largest absolute Gasteiger partial charge is 0.383 e. The summed E-state index contributed by atoms with van der Waals surface area (Å²) in [5.74, 6) is 1.24. The highest BCUT2D eigenvalue weighted by molar-refractivity contribution is 4.73. The van der Waals surface area contributed by atoms with Crippen LogP contribution in [0, 0.1) is 11.8 Å². The van der Waals surface area contributed by atoms with Crippen LogP contribution in [0.15, 0.2) is 0 Å². The maximum absolute atomic E-state index is 5.79. The molecule has 2 atom stereocenters. The zero-order valence-corrected chi connectivity index (χ0v) is 11.0. The molecule has 0 aliphatic heterocycles. The van der Waals surface area contributed by atoms with Crippen molar-refractivity contribution in [3.63, 3.8) is 0 Å². The molecule has 0 rings (SSSR count). The van der Waals surface area contributed by atoms with Gasteiger partial charge in [-0.2, -0.15) is 0 Å². The Balaban J connectivity index is 4.16. The van der Waals surface area contributed by atoms with E-state index in [1.165, 1.54) is 0 Å². The van der Waals surface area contributed by atoms with Crippen LogP contribution >= 0.6 is 0 Å². The number of ether oxygens (including phenoxy) is 1. The Kier molecular flexibility index (Phi) is 8.02. The van der Waals surface area contributed by atoms with E-state index < -0.39 is 0 Å². The van der Waals surface area contributed by atoms with Crippen molar-refractivity contribution in [1.29, 1.82) is 0 Å². The zero-order valence-electron chi connectivity index (χ0n) is 11.0.